The summed E-state index contributed by atoms with van der Waals surface area (Å²) in [4.78, 5) is 39.4. The minimum Gasteiger partial charge on any atom is -0.347 e. The highest BCUT2D eigenvalue weighted by molar-refractivity contribution is 5.98. The van der Waals surface area contributed by atoms with Crippen LogP contribution in [0.3, 0.4) is 0 Å². The first-order valence-corrected chi connectivity index (χ1v) is 11.7. The maximum Gasteiger partial charge on any atom is 0.243 e. The van der Waals surface area contributed by atoms with E-state index in [1.54, 1.807) is 4.90 Å². The topological polar surface area (TPSA) is 78.5 Å². The molecule has 3 aromatic carbocycles. The molecule has 0 fully saturated rings. The number of benzene rings is 3. The highest BCUT2D eigenvalue weighted by Crippen LogP contribution is 2.26. The number of anilines is 2. The molecule has 35 heavy (non-hydrogen) atoms. The van der Waals surface area contributed by atoms with Gasteiger partial charge in [0.1, 0.15) is 0 Å². The zero-order valence-corrected chi connectivity index (χ0v) is 19.6. The molecule has 1 aliphatic rings. The SMILES string of the molecule is CCc1ccc(NC(=O)CNC(=O)CCC(=O)N2Cc3ccccc3C#Cc3ccccc32)cc1. The number of rotatable bonds is 7. The average Bonchev–Trinajstić information content (AvgIpc) is 2.88. The van der Waals surface area contributed by atoms with Crippen LogP contribution in [-0.2, 0) is 27.3 Å². The summed E-state index contributed by atoms with van der Waals surface area (Å²) in [5.41, 5.74) is 5.19. The number of aryl methyl sites for hydroxylation is 1. The maximum atomic E-state index is 13.2. The van der Waals surface area contributed by atoms with E-state index in [1.807, 2.05) is 72.8 Å². The molecule has 0 saturated heterocycles. The molecule has 1 heterocycles. The normalized spacial score (nSPS) is 11.6. The van der Waals surface area contributed by atoms with Crippen molar-refractivity contribution in [2.75, 3.05) is 16.8 Å². The van der Waals surface area contributed by atoms with Crippen LogP contribution in [0.25, 0.3) is 0 Å². The molecular formula is C29H27N3O3. The molecule has 0 aromatic heterocycles. The molecule has 6 heteroatoms. The summed E-state index contributed by atoms with van der Waals surface area (Å²) in [6.45, 7) is 2.29. The molecule has 6 nitrogen and oxygen atoms in total. The number of hydrogen-bond acceptors (Lipinski definition) is 3. The van der Waals surface area contributed by atoms with E-state index in [-0.39, 0.29) is 37.1 Å². The molecule has 0 spiro atoms. The van der Waals surface area contributed by atoms with Crippen LogP contribution in [0.15, 0.2) is 72.8 Å². The van der Waals surface area contributed by atoms with Gasteiger partial charge in [-0.3, -0.25) is 14.4 Å². The minimum absolute atomic E-state index is 0.0106. The Morgan fingerprint density at radius 3 is 2.29 bits per heavy atom. The van der Waals surface area contributed by atoms with Crippen LogP contribution < -0.4 is 15.5 Å². The summed E-state index contributed by atoms with van der Waals surface area (Å²) in [6, 6.07) is 22.8. The Kier molecular flexibility index (Phi) is 7.59. The fourth-order valence-electron chi connectivity index (χ4n) is 3.86. The third-order valence-corrected chi connectivity index (χ3v) is 5.83. The summed E-state index contributed by atoms with van der Waals surface area (Å²) in [7, 11) is 0. The largest absolute Gasteiger partial charge is 0.347 e. The molecular weight excluding hydrogens is 438 g/mol. The number of carbonyl (C=O) groups is 3. The minimum atomic E-state index is -0.352. The number of hydrogen-bond donors (Lipinski definition) is 2. The van der Waals surface area contributed by atoms with Crippen molar-refractivity contribution in [1.29, 1.82) is 0 Å². The van der Waals surface area contributed by atoms with E-state index in [0.29, 0.717) is 12.2 Å². The number of amides is 3. The molecule has 0 unspecified atom stereocenters. The first-order chi connectivity index (χ1) is 17.0. The monoisotopic (exact) mass is 465 g/mol. The molecule has 1 aliphatic heterocycles. The molecule has 176 valence electrons. The van der Waals surface area contributed by atoms with Crippen LogP contribution in [0.5, 0.6) is 0 Å². The number of carbonyl (C=O) groups excluding carboxylic acids is 3. The quantitative estimate of drug-likeness (QED) is 0.517. The van der Waals surface area contributed by atoms with Gasteiger partial charge in [-0.15, -0.1) is 0 Å². The zero-order chi connectivity index (χ0) is 24.6. The van der Waals surface area contributed by atoms with Crippen molar-refractivity contribution in [3.05, 3.63) is 95.1 Å². The summed E-state index contributed by atoms with van der Waals surface area (Å²) >= 11 is 0. The van der Waals surface area contributed by atoms with Gasteiger partial charge in [0.15, 0.2) is 0 Å². The molecule has 2 N–H and O–H groups in total. The van der Waals surface area contributed by atoms with Crippen molar-refractivity contribution in [1.82, 2.24) is 5.32 Å². The van der Waals surface area contributed by atoms with E-state index in [9.17, 15) is 14.4 Å². The van der Waals surface area contributed by atoms with E-state index in [1.165, 1.54) is 5.56 Å². The lowest BCUT2D eigenvalue weighted by molar-refractivity contribution is -0.126. The Morgan fingerprint density at radius 1 is 0.829 bits per heavy atom. The summed E-state index contributed by atoms with van der Waals surface area (Å²) in [5, 5.41) is 5.35. The average molecular weight is 466 g/mol. The van der Waals surface area contributed by atoms with E-state index in [0.717, 1.165) is 28.8 Å². The van der Waals surface area contributed by atoms with Crippen molar-refractivity contribution < 1.29 is 14.4 Å². The number of para-hydroxylation sites is 1. The van der Waals surface area contributed by atoms with Crippen LogP contribution in [0.2, 0.25) is 0 Å². The van der Waals surface area contributed by atoms with Gasteiger partial charge in [-0.2, -0.15) is 0 Å². The third kappa shape index (κ3) is 6.15. The lowest BCUT2D eigenvalue weighted by atomic mass is 10.0. The van der Waals surface area contributed by atoms with Crippen LogP contribution in [0.1, 0.15) is 42.0 Å². The van der Waals surface area contributed by atoms with E-state index < -0.39 is 0 Å². The lowest BCUT2D eigenvalue weighted by Crippen LogP contribution is -2.35. The summed E-state index contributed by atoms with van der Waals surface area (Å²) in [6.07, 6.45) is 0.936. The Balaban J connectivity index is 1.34. The van der Waals surface area contributed by atoms with Gasteiger partial charge in [-0.1, -0.05) is 61.2 Å². The predicted molar refractivity (Wildman–Crippen MR) is 137 cm³/mol. The standard InChI is InChI=1S/C29H27N3O3/c1-2-21-11-15-25(16-12-21)31-28(34)19-30-27(33)17-18-29(35)32-20-24-9-4-3-7-22(24)13-14-23-8-5-6-10-26(23)32/h3-12,15-16H,2,17-20H2,1H3,(H,30,33)(H,31,34). The van der Waals surface area contributed by atoms with Crippen LogP contribution >= 0.6 is 0 Å². The molecule has 0 radical (unpaired) electrons. The number of fused-ring (bicyclic) bond motifs is 2. The Labute approximate surface area is 205 Å². The fraction of sp³-hybridized carbons (Fsp3) is 0.207. The highest BCUT2D eigenvalue weighted by Gasteiger charge is 2.21. The lowest BCUT2D eigenvalue weighted by Gasteiger charge is -2.26. The molecule has 0 aliphatic carbocycles. The van der Waals surface area contributed by atoms with Crippen molar-refractivity contribution >= 4 is 29.1 Å². The van der Waals surface area contributed by atoms with E-state index >= 15 is 0 Å². The van der Waals surface area contributed by atoms with Gasteiger partial charge in [0.05, 0.1) is 18.8 Å². The van der Waals surface area contributed by atoms with Gasteiger partial charge in [-0.05, 0) is 47.9 Å². The molecule has 3 amide bonds. The van der Waals surface area contributed by atoms with Gasteiger partial charge >= 0.3 is 0 Å². The second-order valence-electron chi connectivity index (χ2n) is 8.28. The van der Waals surface area contributed by atoms with Crippen LogP contribution in [-0.4, -0.2) is 24.3 Å². The molecule has 0 bridgehead atoms. The van der Waals surface area contributed by atoms with Gasteiger partial charge in [-0.25, -0.2) is 0 Å². The molecule has 0 atom stereocenters. The van der Waals surface area contributed by atoms with Gasteiger partial charge in [0.25, 0.3) is 0 Å². The smallest absolute Gasteiger partial charge is 0.243 e. The Hall–Kier alpha value is -4.37. The van der Waals surface area contributed by atoms with Gasteiger partial charge < -0.3 is 15.5 Å². The number of nitrogens with zero attached hydrogens (tertiary/aromatic N) is 1. The van der Waals surface area contributed by atoms with E-state index in [4.69, 9.17) is 0 Å². The Morgan fingerprint density at radius 2 is 1.51 bits per heavy atom. The maximum absolute atomic E-state index is 13.2. The number of nitrogens with one attached hydrogen (secondary N) is 2. The second kappa shape index (κ2) is 11.2. The zero-order valence-electron chi connectivity index (χ0n) is 19.6. The highest BCUT2D eigenvalue weighted by atomic mass is 16.2. The van der Waals surface area contributed by atoms with Crippen LogP contribution in [0.4, 0.5) is 11.4 Å². The third-order valence-electron chi connectivity index (χ3n) is 5.83. The summed E-state index contributed by atoms with van der Waals surface area (Å²) < 4.78 is 0. The van der Waals surface area contributed by atoms with Gasteiger partial charge in [0, 0.05) is 29.7 Å². The first kappa shape index (κ1) is 23.8. The summed E-state index contributed by atoms with van der Waals surface area (Å²) in [5.74, 6) is 5.51. The Bertz CT molecular complexity index is 1300. The molecule has 4 rings (SSSR count). The van der Waals surface area contributed by atoms with Crippen molar-refractivity contribution in [2.45, 2.75) is 32.7 Å². The van der Waals surface area contributed by atoms with Crippen molar-refractivity contribution in [2.24, 2.45) is 0 Å². The van der Waals surface area contributed by atoms with Crippen molar-refractivity contribution in [3.8, 4) is 11.8 Å². The van der Waals surface area contributed by atoms with Crippen molar-refractivity contribution in [3.63, 3.8) is 0 Å². The van der Waals surface area contributed by atoms with Gasteiger partial charge in [0.2, 0.25) is 17.7 Å². The first-order valence-electron chi connectivity index (χ1n) is 11.7. The fourth-order valence-corrected chi connectivity index (χ4v) is 3.86. The molecule has 3 aromatic rings. The predicted octanol–water partition coefficient (Wildman–Crippen LogP) is 4.03. The second-order valence-corrected chi connectivity index (χ2v) is 8.28. The van der Waals surface area contributed by atoms with Crippen LogP contribution in [0, 0.1) is 11.8 Å². The van der Waals surface area contributed by atoms with E-state index in [2.05, 4.69) is 29.4 Å². The molecule has 0 saturated carbocycles.